The van der Waals surface area contributed by atoms with Gasteiger partial charge < -0.3 is 5.11 Å². The Bertz CT molecular complexity index is 741. The molecule has 112 valence electrons. The number of carbonyl (C=O) groups is 1. The van der Waals surface area contributed by atoms with E-state index in [1.807, 2.05) is 0 Å². The minimum Gasteiger partial charge on any atom is -0.502 e. The van der Waals surface area contributed by atoms with E-state index in [0.29, 0.717) is 11.1 Å². The summed E-state index contributed by atoms with van der Waals surface area (Å²) in [4.78, 5) is 25.6. The van der Waals surface area contributed by atoms with Crippen LogP contribution in [0.2, 0.25) is 0 Å². The van der Waals surface area contributed by atoms with Crippen LogP contribution in [0.25, 0.3) is 0 Å². The van der Waals surface area contributed by atoms with Crippen LogP contribution in [0, 0.1) is 17.0 Å². The molecule has 2 N–H and O–H groups in total. The largest absolute Gasteiger partial charge is 0.502 e. The second-order valence-electron chi connectivity index (χ2n) is 4.39. The zero-order valence-electron chi connectivity index (χ0n) is 11.6. The molecule has 0 atom stereocenters. The summed E-state index contributed by atoms with van der Waals surface area (Å²) >= 11 is 0. The van der Waals surface area contributed by atoms with Gasteiger partial charge in [-0.3, -0.25) is 19.9 Å². The molecule has 0 aliphatic carbocycles. The smallest absolute Gasteiger partial charge is 0.310 e. The van der Waals surface area contributed by atoms with Crippen LogP contribution in [0.4, 0.5) is 5.69 Å². The van der Waals surface area contributed by atoms with Crippen molar-refractivity contribution in [1.82, 2.24) is 10.4 Å². The number of nitrogens with zero attached hydrogens (tertiary/aromatic N) is 3. The number of rotatable bonds is 4. The lowest BCUT2D eigenvalue weighted by Crippen LogP contribution is -2.17. The fourth-order valence-corrected chi connectivity index (χ4v) is 1.61. The summed E-state index contributed by atoms with van der Waals surface area (Å²) in [6.45, 7) is 1.81. The molecule has 8 heteroatoms. The Kier molecular flexibility index (Phi) is 4.42. The lowest BCUT2D eigenvalue weighted by atomic mass is 10.2. The molecule has 0 bridgehead atoms. The van der Waals surface area contributed by atoms with E-state index in [0.717, 1.165) is 11.8 Å². The van der Waals surface area contributed by atoms with Crippen LogP contribution >= 0.6 is 0 Å². The predicted octanol–water partition coefficient (Wildman–Crippen LogP) is 1.77. The van der Waals surface area contributed by atoms with E-state index >= 15 is 0 Å². The van der Waals surface area contributed by atoms with Crippen LogP contribution < -0.4 is 5.43 Å². The van der Waals surface area contributed by atoms with Crippen molar-refractivity contribution < 1.29 is 14.8 Å². The van der Waals surface area contributed by atoms with E-state index in [2.05, 4.69) is 15.5 Å². The van der Waals surface area contributed by atoms with Crippen molar-refractivity contribution in [2.24, 2.45) is 5.10 Å². The normalized spacial score (nSPS) is 10.6. The Morgan fingerprint density at radius 1 is 1.41 bits per heavy atom. The summed E-state index contributed by atoms with van der Waals surface area (Å²) in [5, 5.41) is 23.8. The zero-order chi connectivity index (χ0) is 16.1. The van der Waals surface area contributed by atoms with Crippen LogP contribution in [0.1, 0.15) is 21.6 Å². The standard InChI is InChI=1S/C14H12N4O4/c1-9-2-4-11(8-15-9)14(20)17-16-7-10-3-5-12(18(21)22)13(19)6-10/h2-8,19H,1H3,(H,17,20)/b16-7+. The molecule has 1 aromatic carbocycles. The maximum absolute atomic E-state index is 11.8. The highest BCUT2D eigenvalue weighted by Gasteiger charge is 2.12. The van der Waals surface area contributed by atoms with Gasteiger partial charge in [0.1, 0.15) is 0 Å². The van der Waals surface area contributed by atoms with E-state index in [4.69, 9.17) is 0 Å². The monoisotopic (exact) mass is 300 g/mol. The van der Waals surface area contributed by atoms with E-state index in [9.17, 15) is 20.0 Å². The number of benzene rings is 1. The summed E-state index contributed by atoms with van der Waals surface area (Å²) in [5.74, 6) is -0.905. The Morgan fingerprint density at radius 2 is 2.18 bits per heavy atom. The van der Waals surface area contributed by atoms with Crippen molar-refractivity contribution in [3.63, 3.8) is 0 Å². The van der Waals surface area contributed by atoms with Crippen molar-refractivity contribution in [3.05, 3.63) is 63.5 Å². The highest BCUT2D eigenvalue weighted by Crippen LogP contribution is 2.25. The summed E-state index contributed by atoms with van der Waals surface area (Å²) in [6, 6.07) is 7.06. The number of phenols is 1. The first kappa shape index (κ1) is 15.1. The SMILES string of the molecule is Cc1ccc(C(=O)N/N=C/c2ccc([N+](=O)[O-])c(O)c2)cn1. The molecule has 2 rings (SSSR count). The van der Waals surface area contributed by atoms with Gasteiger partial charge in [0.05, 0.1) is 16.7 Å². The van der Waals surface area contributed by atoms with Gasteiger partial charge in [0.2, 0.25) is 0 Å². The third-order valence-electron chi connectivity index (χ3n) is 2.75. The van der Waals surface area contributed by atoms with Crippen LogP contribution in [0.3, 0.4) is 0 Å². The molecule has 1 amide bonds. The molecule has 0 radical (unpaired) electrons. The quantitative estimate of drug-likeness (QED) is 0.507. The lowest BCUT2D eigenvalue weighted by molar-refractivity contribution is -0.385. The van der Waals surface area contributed by atoms with Crippen LogP contribution in [0.15, 0.2) is 41.6 Å². The summed E-state index contributed by atoms with van der Waals surface area (Å²) in [5.41, 5.74) is 3.46. The molecular formula is C14H12N4O4. The molecule has 0 unspecified atom stereocenters. The fourth-order valence-electron chi connectivity index (χ4n) is 1.61. The van der Waals surface area contributed by atoms with Gasteiger partial charge in [0.15, 0.2) is 5.75 Å². The third-order valence-corrected chi connectivity index (χ3v) is 2.75. The number of hydrazone groups is 1. The average molecular weight is 300 g/mol. The number of nitro groups is 1. The number of nitro benzene ring substituents is 1. The molecule has 2 aromatic rings. The maximum Gasteiger partial charge on any atom is 0.310 e. The first-order chi connectivity index (χ1) is 10.5. The van der Waals surface area contributed by atoms with E-state index in [1.165, 1.54) is 24.5 Å². The molecule has 0 aliphatic heterocycles. The highest BCUT2D eigenvalue weighted by atomic mass is 16.6. The first-order valence-corrected chi connectivity index (χ1v) is 6.21. The molecule has 1 aromatic heterocycles. The number of hydrogen-bond donors (Lipinski definition) is 2. The highest BCUT2D eigenvalue weighted by molar-refractivity contribution is 5.94. The number of carbonyl (C=O) groups excluding carboxylic acids is 1. The van der Waals surface area contributed by atoms with Crippen molar-refractivity contribution in [1.29, 1.82) is 0 Å². The Labute approximate surface area is 125 Å². The van der Waals surface area contributed by atoms with Gasteiger partial charge >= 0.3 is 5.69 Å². The number of aromatic hydroxyl groups is 1. The van der Waals surface area contributed by atoms with E-state index in [-0.39, 0.29) is 0 Å². The Morgan fingerprint density at radius 3 is 2.77 bits per heavy atom. The fraction of sp³-hybridized carbons (Fsp3) is 0.0714. The van der Waals surface area contributed by atoms with Gasteiger partial charge in [-0.15, -0.1) is 0 Å². The van der Waals surface area contributed by atoms with Crippen molar-refractivity contribution in [2.45, 2.75) is 6.92 Å². The summed E-state index contributed by atoms with van der Waals surface area (Å²) < 4.78 is 0. The molecule has 0 spiro atoms. The topological polar surface area (TPSA) is 118 Å². The predicted molar refractivity (Wildman–Crippen MR) is 78.8 cm³/mol. The number of nitrogens with one attached hydrogen (secondary N) is 1. The summed E-state index contributed by atoms with van der Waals surface area (Å²) in [6.07, 6.45) is 2.70. The number of phenolic OH excluding ortho intramolecular Hbond substituents is 1. The first-order valence-electron chi connectivity index (χ1n) is 6.21. The third kappa shape index (κ3) is 3.63. The van der Waals surface area contributed by atoms with Crippen molar-refractivity contribution in [3.8, 4) is 5.75 Å². The second kappa shape index (κ2) is 6.44. The zero-order valence-corrected chi connectivity index (χ0v) is 11.6. The Balaban J connectivity index is 2.03. The number of pyridine rings is 1. The van der Waals surface area contributed by atoms with Crippen LogP contribution in [-0.2, 0) is 0 Å². The number of aryl methyl sites for hydroxylation is 1. The van der Waals surface area contributed by atoms with Gasteiger partial charge in [0, 0.05) is 18.0 Å². The molecule has 0 saturated heterocycles. The molecule has 1 heterocycles. The van der Waals surface area contributed by atoms with E-state index < -0.39 is 22.3 Å². The Hall–Kier alpha value is -3.29. The van der Waals surface area contributed by atoms with Gasteiger partial charge in [-0.2, -0.15) is 5.10 Å². The lowest BCUT2D eigenvalue weighted by Gasteiger charge is -2.00. The number of amides is 1. The molecule has 0 fully saturated rings. The van der Waals surface area contributed by atoms with Crippen LogP contribution in [0.5, 0.6) is 5.75 Å². The van der Waals surface area contributed by atoms with Gasteiger partial charge in [-0.05, 0) is 36.8 Å². The maximum atomic E-state index is 11.8. The van der Waals surface area contributed by atoms with Gasteiger partial charge in [-0.25, -0.2) is 5.43 Å². The molecular weight excluding hydrogens is 288 g/mol. The number of aromatic nitrogens is 1. The molecule has 22 heavy (non-hydrogen) atoms. The van der Waals surface area contributed by atoms with E-state index in [1.54, 1.807) is 19.1 Å². The minimum atomic E-state index is -0.692. The summed E-state index contributed by atoms with van der Waals surface area (Å²) in [7, 11) is 0. The van der Waals surface area contributed by atoms with Gasteiger partial charge in [-0.1, -0.05) is 0 Å². The molecule has 8 nitrogen and oxygen atoms in total. The number of hydrogen-bond acceptors (Lipinski definition) is 6. The molecule has 0 aliphatic rings. The second-order valence-corrected chi connectivity index (χ2v) is 4.39. The van der Waals surface area contributed by atoms with Crippen molar-refractivity contribution >= 4 is 17.8 Å². The van der Waals surface area contributed by atoms with Crippen LogP contribution in [-0.4, -0.2) is 27.1 Å². The van der Waals surface area contributed by atoms with Crippen molar-refractivity contribution in [2.75, 3.05) is 0 Å². The molecule has 0 saturated carbocycles. The van der Waals surface area contributed by atoms with Gasteiger partial charge in [0.25, 0.3) is 5.91 Å². The minimum absolute atomic E-state index is 0.356. The average Bonchev–Trinajstić information content (AvgIpc) is 2.47.